The highest BCUT2D eigenvalue weighted by Gasteiger charge is 2.04. The van der Waals surface area contributed by atoms with E-state index in [-0.39, 0.29) is 5.91 Å². The lowest BCUT2D eigenvalue weighted by atomic mass is 10.8. The van der Waals surface area contributed by atoms with Crippen LogP contribution in [0.1, 0.15) is 13.8 Å². The van der Waals surface area contributed by atoms with Crippen molar-refractivity contribution in [3.05, 3.63) is 0 Å². The Morgan fingerprint density at radius 1 is 1.40 bits per heavy atom. The summed E-state index contributed by atoms with van der Waals surface area (Å²) in [5.74, 6) is -0.0694. The van der Waals surface area contributed by atoms with Crippen molar-refractivity contribution in [3.8, 4) is 12.0 Å². The lowest BCUT2D eigenvalue weighted by Crippen LogP contribution is -2.23. The highest BCUT2D eigenvalue weighted by atomic mass is 28.2. The Labute approximate surface area is 64.7 Å². The van der Waals surface area contributed by atoms with Gasteiger partial charge in [-0.3, -0.25) is 0 Å². The fraction of sp³-hybridized carbons (Fsp3) is 0.714. The molecule has 0 aromatic carbocycles. The normalized spacial score (nSPS) is 11.0. The molecule has 0 aromatic rings. The molecule has 0 atom stereocenters. The third-order valence-corrected chi connectivity index (χ3v) is 2.03. The van der Waals surface area contributed by atoms with E-state index in [4.69, 9.17) is 15.9 Å². The second-order valence-corrected chi connectivity index (χ2v) is 3.23. The van der Waals surface area contributed by atoms with Crippen molar-refractivity contribution in [3.63, 3.8) is 0 Å². The second kappa shape index (κ2) is 6.81. The summed E-state index contributed by atoms with van der Waals surface area (Å²) >= 11 is 0. The second-order valence-electron chi connectivity index (χ2n) is 1.75. The molecule has 0 unspecified atom stereocenters. The van der Waals surface area contributed by atoms with Gasteiger partial charge in [-0.2, -0.15) is 0 Å². The average Bonchev–Trinajstić information content (AvgIpc) is 1.90. The minimum Gasteiger partial charge on any atom is -0.356 e. The highest BCUT2D eigenvalue weighted by Crippen LogP contribution is 1.91. The van der Waals surface area contributed by atoms with Crippen molar-refractivity contribution in [2.24, 2.45) is 0 Å². The highest BCUT2D eigenvalue weighted by molar-refractivity contribution is 6.46. The largest absolute Gasteiger partial charge is 0.356 e. The first-order valence-electron chi connectivity index (χ1n) is 3.51. The molecule has 0 aliphatic carbocycles. The molecule has 0 saturated carbocycles. The zero-order valence-corrected chi connectivity index (χ0v) is 8.01. The Morgan fingerprint density at radius 3 is 2.20 bits per heavy atom. The first-order chi connectivity index (χ1) is 4.85. The third kappa shape index (κ3) is 4.56. The van der Waals surface area contributed by atoms with E-state index in [1.54, 1.807) is 0 Å². The molecular weight excluding hydrogens is 144 g/mol. The van der Waals surface area contributed by atoms with Crippen LogP contribution in [0.4, 0.5) is 0 Å². The molecule has 2 nitrogen and oxygen atoms in total. The Hall–Kier alpha value is -0.303. The van der Waals surface area contributed by atoms with Gasteiger partial charge in [-0.15, -0.1) is 12.0 Å². The van der Waals surface area contributed by atoms with Crippen molar-refractivity contribution < 1.29 is 9.47 Å². The van der Waals surface area contributed by atoms with Gasteiger partial charge in [0.2, 0.25) is 0 Å². The molecule has 0 heterocycles. The van der Waals surface area contributed by atoms with E-state index in [1.165, 1.54) is 0 Å². The van der Waals surface area contributed by atoms with Gasteiger partial charge in [-0.25, -0.2) is 0 Å². The number of hydrogen-bond acceptors (Lipinski definition) is 2. The molecule has 10 heavy (non-hydrogen) atoms. The van der Waals surface area contributed by atoms with Crippen molar-refractivity contribution in [1.29, 1.82) is 0 Å². The number of hydrogen-bond donors (Lipinski definition) is 0. The number of ether oxygens (including phenoxy) is 2. The van der Waals surface area contributed by atoms with Crippen molar-refractivity contribution in [2.75, 3.05) is 13.2 Å². The lowest BCUT2D eigenvalue weighted by molar-refractivity contribution is -0.0816. The van der Waals surface area contributed by atoms with Gasteiger partial charge in [0.1, 0.15) is 5.91 Å². The molecule has 0 saturated heterocycles. The van der Waals surface area contributed by atoms with Gasteiger partial charge in [-0.05, 0) is 13.8 Å². The van der Waals surface area contributed by atoms with Crippen LogP contribution in [0.2, 0.25) is 0 Å². The van der Waals surface area contributed by atoms with Crippen molar-refractivity contribution in [1.82, 2.24) is 0 Å². The first kappa shape index (κ1) is 9.70. The van der Waals surface area contributed by atoms with E-state index in [2.05, 4.69) is 5.54 Å². The van der Waals surface area contributed by atoms with Gasteiger partial charge in [-0.1, -0.05) is 0 Å². The Balaban J connectivity index is 3.42. The molecule has 0 radical (unpaired) electrons. The Kier molecular flexibility index (Phi) is 6.61. The molecule has 0 fully saturated rings. The zero-order chi connectivity index (χ0) is 7.82. The zero-order valence-electron chi connectivity index (χ0n) is 6.59. The molecule has 0 bridgehead atoms. The van der Waals surface area contributed by atoms with Gasteiger partial charge >= 0.3 is 0 Å². The maximum atomic E-state index is 5.22. The third-order valence-electron chi connectivity index (χ3n) is 0.990. The predicted molar refractivity (Wildman–Crippen MR) is 44.4 cm³/mol. The maximum absolute atomic E-state index is 5.22. The van der Waals surface area contributed by atoms with Crippen LogP contribution in [0.3, 0.4) is 0 Å². The summed E-state index contributed by atoms with van der Waals surface area (Å²) in [4.78, 5) is 0. The van der Waals surface area contributed by atoms with Gasteiger partial charge < -0.3 is 9.47 Å². The van der Waals surface area contributed by atoms with Crippen LogP contribution >= 0.6 is 0 Å². The van der Waals surface area contributed by atoms with Crippen LogP contribution in [-0.2, 0) is 9.47 Å². The summed E-state index contributed by atoms with van der Waals surface area (Å²) in [6.45, 7) is 5.24. The molecule has 0 aliphatic heterocycles. The summed E-state index contributed by atoms with van der Waals surface area (Å²) in [7, 11) is -0.603. The predicted octanol–water partition coefficient (Wildman–Crippen LogP) is 0.102. The standard InChI is InChI=1S/C7H14O2Si/c1-4-8-7(9-5-2)10-6-3/h3,7H,4-5,10H2,1-2H3. The van der Waals surface area contributed by atoms with Crippen LogP contribution < -0.4 is 0 Å². The van der Waals surface area contributed by atoms with Gasteiger partial charge in [0.05, 0.1) is 0 Å². The molecule has 58 valence electrons. The number of rotatable bonds is 5. The van der Waals surface area contributed by atoms with Crippen molar-refractivity contribution >= 4 is 9.52 Å². The lowest BCUT2D eigenvalue weighted by Gasteiger charge is -2.12. The molecule has 0 N–H and O–H groups in total. The van der Waals surface area contributed by atoms with Gasteiger partial charge in [0, 0.05) is 13.2 Å². The van der Waals surface area contributed by atoms with E-state index in [0.29, 0.717) is 13.2 Å². The van der Waals surface area contributed by atoms with E-state index >= 15 is 0 Å². The summed E-state index contributed by atoms with van der Waals surface area (Å²) < 4.78 is 10.4. The SMILES string of the molecule is C#C[SiH2]C(OCC)OCC. The summed E-state index contributed by atoms with van der Waals surface area (Å²) in [5, 5.41) is 0. The minimum atomic E-state index is -0.603. The molecule has 0 aromatic heterocycles. The molecule has 0 amide bonds. The Bertz CT molecular complexity index is 103. The smallest absolute Gasteiger partial charge is 0.172 e. The molecule has 0 spiro atoms. The topological polar surface area (TPSA) is 18.5 Å². The monoisotopic (exact) mass is 158 g/mol. The molecule has 0 aliphatic rings. The fourth-order valence-corrected chi connectivity index (χ4v) is 1.53. The van der Waals surface area contributed by atoms with E-state index < -0.39 is 9.52 Å². The first-order valence-corrected chi connectivity index (χ1v) is 5.04. The van der Waals surface area contributed by atoms with E-state index in [0.717, 1.165) is 0 Å². The summed E-state index contributed by atoms with van der Waals surface area (Å²) in [6.07, 6.45) is 5.14. The van der Waals surface area contributed by atoms with Crippen LogP contribution in [0.15, 0.2) is 0 Å². The van der Waals surface area contributed by atoms with Gasteiger partial charge in [0.25, 0.3) is 0 Å². The summed E-state index contributed by atoms with van der Waals surface area (Å²) in [6, 6.07) is 0. The number of terminal acetylenes is 1. The molecule has 3 heteroatoms. The fourth-order valence-electron chi connectivity index (χ4n) is 0.634. The van der Waals surface area contributed by atoms with Gasteiger partial charge in [0.15, 0.2) is 9.52 Å². The van der Waals surface area contributed by atoms with Crippen LogP contribution in [0.25, 0.3) is 0 Å². The maximum Gasteiger partial charge on any atom is 0.172 e. The quantitative estimate of drug-likeness (QED) is 0.321. The summed E-state index contributed by atoms with van der Waals surface area (Å²) in [5.41, 5.74) is 2.63. The van der Waals surface area contributed by atoms with E-state index in [9.17, 15) is 0 Å². The van der Waals surface area contributed by atoms with Crippen molar-refractivity contribution in [2.45, 2.75) is 19.8 Å². The van der Waals surface area contributed by atoms with E-state index in [1.807, 2.05) is 13.8 Å². The van der Waals surface area contributed by atoms with Crippen LogP contribution in [0.5, 0.6) is 0 Å². The minimum absolute atomic E-state index is 0.0694. The van der Waals surface area contributed by atoms with Crippen LogP contribution in [0, 0.1) is 12.0 Å². The Morgan fingerprint density at radius 2 is 1.90 bits per heavy atom. The van der Waals surface area contributed by atoms with Crippen LogP contribution in [-0.4, -0.2) is 28.6 Å². The average molecular weight is 158 g/mol. The molecular formula is C7H14O2Si. The molecule has 0 rings (SSSR count).